The lowest BCUT2D eigenvalue weighted by atomic mass is 10.1. The van der Waals surface area contributed by atoms with E-state index in [-0.39, 0.29) is 30.5 Å². The van der Waals surface area contributed by atoms with Crippen molar-refractivity contribution in [2.45, 2.75) is 0 Å². The van der Waals surface area contributed by atoms with Gasteiger partial charge in [-0.05, 0) is 36.4 Å². The molecule has 1 aliphatic rings. The van der Waals surface area contributed by atoms with Crippen LogP contribution in [0.4, 0.5) is 5.69 Å². The second kappa shape index (κ2) is 9.57. The van der Waals surface area contributed by atoms with Gasteiger partial charge in [-0.1, -0.05) is 36.4 Å². The van der Waals surface area contributed by atoms with Gasteiger partial charge in [-0.25, -0.2) is 9.79 Å². The molecule has 1 aliphatic heterocycles. The van der Waals surface area contributed by atoms with Crippen LogP contribution < -0.4 is 9.47 Å². The zero-order valence-electron chi connectivity index (χ0n) is 16.8. The lowest BCUT2D eigenvalue weighted by Gasteiger charge is -2.10. The number of nitrogens with zero attached hydrogens (tertiary/aromatic N) is 2. The number of hydrogen-bond donors (Lipinski definition) is 0. The first-order chi connectivity index (χ1) is 15.6. The fourth-order valence-electron chi connectivity index (χ4n) is 2.97. The first-order valence-electron chi connectivity index (χ1n) is 9.77. The zero-order chi connectivity index (χ0) is 22.3. The summed E-state index contributed by atoms with van der Waals surface area (Å²) in [6, 6.07) is 22.2. The van der Waals surface area contributed by atoms with Crippen LogP contribution in [0.1, 0.15) is 11.1 Å². The quantitative estimate of drug-likeness (QED) is 0.173. The minimum absolute atomic E-state index is 0.000847. The smallest absolute Gasteiger partial charge is 0.363 e. The number of hydrogen-bond acceptors (Lipinski definition) is 7. The number of ether oxygens (including phenoxy) is 3. The van der Waals surface area contributed by atoms with Gasteiger partial charge in [0.2, 0.25) is 5.90 Å². The highest BCUT2D eigenvalue weighted by atomic mass is 16.6. The highest BCUT2D eigenvalue weighted by molar-refractivity contribution is 6.12. The van der Waals surface area contributed by atoms with Crippen LogP contribution in [0, 0.1) is 10.1 Å². The van der Waals surface area contributed by atoms with Gasteiger partial charge >= 0.3 is 5.97 Å². The summed E-state index contributed by atoms with van der Waals surface area (Å²) in [6.07, 6.45) is 1.62. The van der Waals surface area contributed by atoms with E-state index >= 15 is 0 Å². The molecule has 0 saturated heterocycles. The molecule has 4 rings (SSSR count). The van der Waals surface area contributed by atoms with Crippen molar-refractivity contribution < 1.29 is 23.9 Å². The van der Waals surface area contributed by atoms with Crippen molar-refractivity contribution in [3.63, 3.8) is 0 Å². The molecule has 160 valence electrons. The van der Waals surface area contributed by atoms with E-state index in [0.29, 0.717) is 17.1 Å². The van der Waals surface area contributed by atoms with Crippen LogP contribution in [0.5, 0.6) is 11.5 Å². The van der Waals surface area contributed by atoms with E-state index in [0.717, 1.165) is 5.56 Å². The van der Waals surface area contributed by atoms with E-state index in [2.05, 4.69) is 4.99 Å². The van der Waals surface area contributed by atoms with Crippen molar-refractivity contribution in [2.24, 2.45) is 4.99 Å². The van der Waals surface area contributed by atoms with Gasteiger partial charge in [0.1, 0.15) is 24.7 Å². The number of para-hydroxylation sites is 1. The van der Waals surface area contributed by atoms with Crippen molar-refractivity contribution >= 4 is 23.6 Å². The van der Waals surface area contributed by atoms with Crippen LogP contribution in [0.3, 0.4) is 0 Å². The number of nitro groups is 1. The number of carbonyl (C=O) groups is 1. The van der Waals surface area contributed by atoms with Crippen molar-refractivity contribution in [1.82, 2.24) is 0 Å². The van der Waals surface area contributed by atoms with Crippen LogP contribution in [-0.2, 0) is 9.53 Å². The maximum Gasteiger partial charge on any atom is 0.363 e. The van der Waals surface area contributed by atoms with Gasteiger partial charge in [-0.2, -0.15) is 0 Å². The fourth-order valence-corrected chi connectivity index (χ4v) is 2.97. The van der Waals surface area contributed by atoms with Crippen molar-refractivity contribution in [3.8, 4) is 11.5 Å². The maximum atomic E-state index is 12.2. The van der Waals surface area contributed by atoms with Gasteiger partial charge in [0, 0.05) is 23.3 Å². The van der Waals surface area contributed by atoms with Gasteiger partial charge in [0.15, 0.2) is 5.70 Å². The summed E-state index contributed by atoms with van der Waals surface area (Å²) in [4.78, 5) is 26.8. The number of esters is 1. The van der Waals surface area contributed by atoms with Crippen LogP contribution in [0.25, 0.3) is 6.08 Å². The Morgan fingerprint density at radius 3 is 2.34 bits per heavy atom. The molecule has 8 heteroatoms. The molecule has 0 spiro atoms. The lowest BCUT2D eigenvalue weighted by Crippen LogP contribution is -2.09. The normalized spacial score (nSPS) is 14.1. The largest absolute Gasteiger partial charge is 0.490 e. The van der Waals surface area contributed by atoms with Gasteiger partial charge in [0.25, 0.3) is 5.69 Å². The summed E-state index contributed by atoms with van der Waals surface area (Å²) in [5.74, 6) is 0.798. The predicted octanol–water partition coefficient (Wildman–Crippen LogP) is 4.40. The second-order valence-electron chi connectivity index (χ2n) is 6.69. The molecule has 0 N–H and O–H groups in total. The zero-order valence-corrected chi connectivity index (χ0v) is 16.8. The van der Waals surface area contributed by atoms with Gasteiger partial charge < -0.3 is 14.2 Å². The summed E-state index contributed by atoms with van der Waals surface area (Å²) in [6.45, 7) is 0.473. The first kappa shape index (κ1) is 20.8. The minimum Gasteiger partial charge on any atom is -0.490 e. The Balaban J connectivity index is 1.40. The first-order valence-corrected chi connectivity index (χ1v) is 9.77. The Labute approximate surface area is 183 Å². The minimum atomic E-state index is -0.528. The Bertz CT molecular complexity index is 1190. The van der Waals surface area contributed by atoms with Gasteiger partial charge in [-0.3, -0.25) is 10.1 Å². The topological polar surface area (TPSA) is 100 Å². The third-order valence-electron chi connectivity index (χ3n) is 4.51. The number of nitro benzene ring substituents is 1. The summed E-state index contributed by atoms with van der Waals surface area (Å²) in [5.41, 5.74) is 1.58. The molecule has 0 radical (unpaired) electrons. The average Bonchev–Trinajstić information content (AvgIpc) is 3.19. The molecule has 3 aromatic rings. The summed E-state index contributed by atoms with van der Waals surface area (Å²) >= 11 is 0. The summed E-state index contributed by atoms with van der Waals surface area (Å²) < 4.78 is 16.6. The van der Waals surface area contributed by atoms with E-state index in [4.69, 9.17) is 14.2 Å². The molecule has 0 aliphatic carbocycles. The Hall–Kier alpha value is -4.46. The van der Waals surface area contributed by atoms with Crippen LogP contribution >= 0.6 is 0 Å². The van der Waals surface area contributed by atoms with Crippen molar-refractivity contribution in [2.75, 3.05) is 13.2 Å². The van der Waals surface area contributed by atoms with Crippen molar-refractivity contribution in [1.29, 1.82) is 0 Å². The number of carbonyl (C=O) groups excluding carboxylic acids is 1. The Kier molecular flexibility index (Phi) is 6.22. The van der Waals surface area contributed by atoms with E-state index in [1.54, 1.807) is 12.1 Å². The van der Waals surface area contributed by atoms with Crippen LogP contribution in [-0.4, -0.2) is 30.0 Å². The molecule has 0 atom stereocenters. The standard InChI is InChI=1S/C24H18N2O6/c27-24-21(25-23(32-24)17-6-2-1-3-7-17)16-18-8-4-5-9-22(18)31-15-14-30-20-12-10-19(11-13-20)26(28)29/h1-13,16H,14-15H2. The molecule has 0 amide bonds. The molecule has 3 aromatic carbocycles. The van der Waals surface area contributed by atoms with Crippen LogP contribution in [0.15, 0.2) is 89.6 Å². The Morgan fingerprint density at radius 1 is 0.906 bits per heavy atom. The molecule has 8 nitrogen and oxygen atoms in total. The number of cyclic esters (lactones) is 1. The third kappa shape index (κ3) is 4.99. The maximum absolute atomic E-state index is 12.2. The Morgan fingerprint density at radius 2 is 1.59 bits per heavy atom. The van der Waals surface area contributed by atoms with Gasteiger partial charge in [0.05, 0.1) is 4.92 Å². The second-order valence-corrected chi connectivity index (χ2v) is 6.69. The van der Waals surface area contributed by atoms with E-state index < -0.39 is 10.9 Å². The molecular weight excluding hydrogens is 412 g/mol. The lowest BCUT2D eigenvalue weighted by molar-refractivity contribution is -0.384. The average molecular weight is 430 g/mol. The molecule has 0 saturated carbocycles. The molecule has 0 aromatic heterocycles. The molecule has 1 heterocycles. The number of benzene rings is 3. The number of rotatable bonds is 8. The summed E-state index contributed by atoms with van der Waals surface area (Å²) in [5, 5.41) is 10.7. The molecule has 0 fully saturated rings. The van der Waals surface area contributed by atoms with Crippen LogP contribution in [0.2, 0.25) is 0 Å². The molecule has 0 unspecified atom stereocenters. The predicted molar refractivity (Wildman–Crippen MR) is 118 cm³/mol. The van der Waals surface area contributed by atoms with E-state index in [1.165, 1.54) is 24.3 Å². The molecule has 0 bridgehead atoms. The van der Waals surface area contributed by atoms with E-state index in [1.807, 2.05) is 48.5 Å². The molecule has 32 heavy (non-hydrogen) atoms. The molecular formula is C24H18N2O6. The fraction of sp³-hybridized carbons (Fsp3) is 0.0833. The third-order valence-corrected chi connectivity index (χ3v) is 4.51. The highest BCUT2D eigenvalue weighted by Crippen LogP contribution is 2.25. The monoisotopic (exact) mass is 430 g/mol. The van der Waals surface area contributed by atoms with Gasteiger partial charge in [-0.15, -0.1) is 0 Å². The highest BCUT2D eigenvalue weighted by Gasteiger charge is 2.24. The van der Waals surface area contributed by atoms with E-state index in [9.17, 15) is 14.9 Å². The summed E-state index contributed by atoms with van der Waals surface area (Å²) in [7, 11) is 0. The van der Waals surface area contributed by atoms with Crippen molar-refractivity contribution in [3.05, 3.63) is 106 Å². The SMILES string of the molecule is O=C1OC(c2ccccc2)=NC1=Cc1ccccc1OCCOc1ccc([N+](=O)[O-])cc1. The number of aliphatic imine (C=N–C) groups is 1. The number of non-ortho nitro benzene ring substituents is 1.